The lowest BCUT2D eigenvalue weighted by molar-refractivity contribution is -0.142. The van der Waals surface area contributed by atoms with Gasteiger partial charge in [0.1, 0.15) is 5.75 Å². The topological polar surface area (TPSA) is 68.0 Å². The average Bonchev–Trinajstić information content (AvgIpc) is 2.67. The second-order valence-corrected chi connectivity index (χ2v) is 7.05. The third-order valence-corrected chi connectivity index (χ3v) is 5.54. The summed E-state index contributed by atoms with van der Waals surface area (Å²) in [5.74, 6) is 0.965. The number of benzene rings is 1. The average molecular weight is 347 g/mol. The minimum absolute atomic E-state index is 0.0875. The Hall–Kier alpha value is -1.63. The summed E-state index contributed by atoms with van der Waals surface area (Å²) in [6.07, 6.45) is 1.23. The van der Waals surface area contributed by atoms with E-state index >= 15 is 0 Å². The molecule has 6 heteroatoms. The van der Waals surface area contributed by atoms with E-state index in [0.717, 1.165) is 31.9 Å². The molecule has 0 aromatic heterocycles. The number of hydrogen-bond acceptors (Lipinski definition) is 5. The van der Waals surface area contributed by atoms with E-state index in [1.807, 2.05) is 17.0 Å². The van der Waals surface area contributed by atoms with Crippen LogP contribution in [0.4, 0.5) is 0 Å². The Balaban J connectivity index is 1.58. The third kappa shape index (κ3) is 3.97. The molecule has 0 aliphatic carbocycles. The highest BCUT2D eigenvalue weighted by Crippen LogP contribution is 2.26. The number of amides is 1. The van der Waals surface area contributed by atoms with Crippen LogP contribution in [0.25, 0.3) is 0 Å². The number of methoxy groups -OCH3 is 1. The lowest BCUT2D eigenvalue weighted by atomic mass is 9.89. The van der Waals surface area contributed by atoms with E-state index in [9.17, 15) is 4.79 Å². The van der Waals surface area contributed by atoms with Crippen LogP contribution in [0.2, 0.25) is 0 Å². The van der Waals surface area contributed by atoms with Gasteiger partial charge in [-0.3, -0.25) is 9.69 Å². The van der Waals surface area contributed by atoms with Crippen molar-refractivity contribution in [2.24, 2.45) is 5.73 Å². The van der Waals surface area contributed by atoms with Crippen molar-refractivity contribution in [2.45, 2.75) is 31.3 Å². The van der Waals surface area contributed by atoms with Gasteiger partial charge in [-0.2, -0.15) is 0 Å². The molecule has 1 amide bonds. The molecule has 0 radical (unpaired) electrons. The number of ether oxygens (including phenoxy) is 2. The number of rotatable bonds is 4. The van der Waals surface area contributed by atoms with Crippen molar-refractivity contribution in [3.8, 4) is 5.75 Å². The number of carbonyl (C=O) groups is 1. The largest absolute Gasteiger partial charge is 0.497 e. The summed E-state index contributed by atoms with van der Waals surface area (Å²) in [7, 11) is 1.69. The van der Waals surface area contributed by atoms with Crippen LogP contribution in [-0.4, -0.2) is 67.7 Å². The van der Waals surface area contributed by atoms with Crippen LogP contribution in [0, 0.1) is 0 Å². The zero-order valence-corrected chi connectivity index (χ0v) is 15.2. The summed E-state index contributed by atoms with van der Waals surface area (Å²) < 4.78 is 10.7. The van der Waals surface area contributed by atoms with Gasteiger partial charge in [-0.15, -0.1) is 0 Å². The van der Waals surface area contributed by atoms with Crippen LogP contribution in [0.3, 0.4) is 0 Å². The lowest BCUT2D eigenvalue weighted by Crippen LogP contribution is -2.61. The molecule has 3 rings (SSSR count). The van der Waals surface area contributed by atoms with Crippen LogP contribution in [0.5, 0.6) is 5.75 Å². The van der Waals surface area contributed by atoms with E-state index in [-0.39, 0.29) is 5.91 Å². The Kier molecular flexibility index (Phi) is 5.61. The van der Waals surface area contributed by atoms with Gasteiger partial charge in [0.05, 0.1) is 12.6 Å². The number of nitrogens with two attached hydrogens (primary N) is 1. The maximum Gasteiger partial charge on any atom is 0.242 e. The Bertz CT molecular complexity index is 593. The molecule has 2 saturated heterocycles. The van der Waals surface area contributed by atoms with Gasteiger partial charge in [-0.05, 0) is 37.5 Å². The molecule has 6 nitrogen and oxygen atoms in total. The van der Waals surface area contributed by atoms with Crippen LogP contribution in [-0.2, 0) is 9.53 Å². The molecular weight excluding hydrogens is 318 g/mol. The fourth-order valence-corrected chi connectivity index (χ4v) is 3.69. The first-order valence-corrected chi connectivity index (χ1v) is 9.07. The number of carbonyl (C=O) groups excluding carboxylic acids is 1. The highest BCUT2D eigenvalue weighted by atomic mass is 16.5. The minimum Gasteiger partial charge on any atom is -0.497 e. The van der Waals surface area contributed by atoms with Gasteiger partial charge >= 0.3 is 0 Å². The van der Waals surface area contributed by atoms with Crippen molar-refractivity contribution in [2.75, 3.05) is 46.5 Å². The Morgan fingerprint density at radius 3 is 2.56 bits per heavy atom. The summed E-state index contributed by atoms with van der Waals surface area (Å²) in [5.41, 5.74) is 6.85. The van der Waals surface area contributed by atoms with Gasteiger partial charge in [0.2, 0.25) is 5.91 Å². The van der Waals surface area contributed by atoms with Crippen LogP contribution in [0.1, 0.15) is 31.4 Å². The molecule has 2 aliphatic heterocycles. The van der Waals surface area contributed by atoms with E-state index in [1.54, 1.807) is 7.11 Å². The monoisotopic (exact) mass is 347 g/mol. The van der Waals surface area contributed by atoms with Gasteiger partial charge < -0.3 is 20.1 Å². The van der Waals surface area contributed by atoms with E-state index in [4.69, 9.17) is 15.2 Å². The van der Waals surface area contributed by atoms with Gasteiger partial charge in [0.25, 0.3) is 0 Å². The molecule has 2 fully saturated rings. The fourth-order valence-electron chi connectivity index (χ4n) is 3.69. The SMILES string of the molecule is COc1cccc(C(C)N2CCN(C(=O)C3(N)CCOCC3)CC2)c1. The maximum absolute atomic E-state index is 12.8. The van der Waals surface area contributed by atoms with Gasteiger partial charge in [-0.1, -0.05) is 12.1 Å². The van der Waals surface area contributed by atoms with Crippen molar-refractivity contribution < 1.29 is 14.3 Å². The minimum atomic E-state index is -0.737. The fraction of sp³-hybridized carbons (Fsp3) is 0.632. The van der Waals surface area contributed by atoms with E-state index in [1.165, 1.54) is 5.56 Å². The number of hydrogen-bond donors (Lipinski definition) is 1. The van der Waals surface area contributed by atoms with Crippen LogP contribution in [0.15, 0.2) is 24.3 Å². The molecule has 25 heavy (non-hydrogen) atoms. The van der Waals surface area contributed by atoms with Crippen molar-refractivity contribution in [3.63, 3.8) is 0 Å². The van der Waals surface area contributed by atoms with Gasteiger partial charge in [0, 0.05) is 45.4 Å². The van der Waals surface area contributed by atoms with Crippen LogP contribution >= 0.6 is 0 Å². The van der Waals surface area contributed by atoms with Crippen molar-refractivity contribution in [1.82, 2.24) is 9.80 Å². The first-order chi connectivity index (χ1) is 12.0. The molecule has 0 spiro atoms. The predicted octanol–water partition coefficient (Wildman–Crippen LogP) is 1.41. The molecule has 1 aromatic rings. The molecule has 1 unspecified atom stereocenters. The molecule has 0 saturated carbocycles. The molecule has 138 valence electrons. The summed E-state index contributed by atoms with van der Waals surface area (Å²) in [5, 5.41) is 0. The predicted molar refractivity (Wildman–Crippen MR) is 96.5 cm³/mol. The van der Waals surface area contributed by atoms with E-state index < -0.39 is 5.54 Å². The van der Waals surface area contributed by atoms with Crippen molar-refractivity contribution in [3.05, 3.63) is 29.8 Å². The molecule has 2 aliphatic rings. The second kappa shape index (κ2) is 7.72. The van der Waals surface area contributed by atoms with E-state index in [0.29, 0.717) is 32.1 Å². The molecular formula is C19H29N3O3. The summed E-state index contributed by atoms with van der Waals surface area (Å²) in [6.45, 7) is 6.53. The zero-order chi connectivity index (χ0) is 17.9. The molecule has 1 aromatic carbocycles. The zero-order valence-electron chi connectivity index (χ0n) is 15.2. The molecule has 0 bridgehead atoms. The summed E-state index contributed by atoms with van der Waals surface area (Å²) in [6, 6.07) is 8.48. The lowest BCUT2D eigenvalue weighted by Gasteiger charge is -2.42. The van der Waals surface area contributed by atoms with Crippen molar-refractivity contribution in [1.29, 1.82) is 0 Å². The smallest absolute Gasteiger partial charge is 0.242 e. The number of piperazine rings is 1. The Labute approximate surface area is 149 Å². The number of nitrogens with zero attached hydrogens (tertiary/aromatic N) is 2. The Morgan fingerprint density at radius 2 is 1.92 bits per heavy atom. The van der Waals surface area contributed by atoms with Gasteiger partial charge in [-0.25, -0.2) is 0 Å². The summed E-state index contributed by atoms with van der Waals surface area (Å²) in [4.78, 5) is 17.2. The maximum atomic E-state index is 12.8. The first-order valence-electron chi connectivity index (χ1n) is 9.07. The van der Waals surface area contributed by atoms with E-state index in [2.05, 4.69) is 24.0 Å². The normalized spacial score (nSPS) is 22.4. The standard InChI is InChI=1S/C19H29N3O3/c1-15(16-4-3-5-17(14-16)24-2)21-8-10-22(11-9-21)18(23)19(20)6-12-25-13-7-19/h3-5,14-15H,6-13,20H2,1-2H3. The highest BCUT2D eigenvalue weighted by Gasteiger charge is 2.40. The van der Waals surface area contributed by atoms with Crippen molar-refractivity contribution >= 4 is 5.91 Å². The molecule has 1 atom stereocenters. The Morgan fingerprint density at radius 1 is 1.24 bits per heavy atom. The first kappa shape index (κ1) is 18.2. The summed E-state index contributed by atoms with van der Waals surface area (Å²) >= 11 is 0. The third-order valence-electron chi connectivity index (χ3n) is 5.54. The quantitative estimate of drug-likeness (QED) is 0.892. The molecule has 2 heterocycles. The van der Waals surface area contributed by atoms with Crippen LogP contribution < -0.4 is 10.5 Å². The highest BCUT2D eigenvalue weighted by molar-refractivity contribution is 5.86. The second-order valence-electron chi connectivity index (χ2n) is 7.05. The molecule has 2 N–H and O–H groups in total. The van der Waals surface area contributed by atoms with Gasteiger partial charge in [0.15, 0.2) is 0 Å².